The highest BCUT2D eigenvalue weighted by Crippen LogP contribution is 2.18. The third-order valence-electron chi connectivity index (χ3n) is 3.45. The van der Waals surface area contributed by atoms with E-state index < -0.39 is 36.4 Å². The van der Waals surface area contributed by atoms with E-state index in [0.717, 1.165) is 10.6 Å². The Bertz CT molecular complexity index is 831. The molecule has 0 aliphatic carbocycles. The third-order valence-corrected chi connectivity index (χ3v) is 3.79. The molecule has 4 N–H and O–H groups in total. The van der Waals surface area contributed by atoms with E-state index in [4.69, 9.17) is 32.0 Å². The molecule has 0 fully saturated rings. The summed E-state index contributed by atoms with van der Waals surface area (Å²) in [6.45, 7) is 0. The largest absolute Gasteiger partial charge is 0.481 e. The molecule has 0 atom stereocenters. The molecule has 0 saturated carbocycles. The molecule has 8 heteroatoms. The van der Waals surface area contributed by atoms with Crippen molar-refractivity contribution in [1.29, 1.82) is 0 Å². The zero-order chi connectivity index (χ0) is 21.2. The molecule has 0 amide bonds. The summed E-state index contributed by atoms with van der Waals surface area (Å²) in [6, 6.07) is 18.0. The van der Waals surface area contributed by atoms with Crippen molar-refractivity contribution >= 4 is 41.7 Å². The highest BCUT2D eigenvalue weighted by molar-refractivity contribution is 6.32. The smallest absolute Gasteiger partial charge is 0.336 e. The first-order valence-electron chi connectivity index (χ1n) is 8.01. The maximum absolute atomic E-state index is 10.3. The van der Waals surface area contributed by atoms with Crippen molar-refractivity contribution in [3.63, 3.8) is 0 Å². The number of hydrogen-bond donors (Lipinski definition) is 4. The van der Waals surface area contributed by atoms with Crippen LogP contribution in [-0.4, -0.2) is 43.9 Å². The summed E-state index contributed by atoms with van der Waals surface area (Å²) in [7, 11) is 0. The molecule has 0 spiro atoms. The average Bonchev–Trinajstić information content (AvgIpc) is 2.61. The molecule has 148 valence electrons. The second-order valence-electron chi connectivity index (χ2n) is 5.74. The van der Waals surface area contributed by atoms with Gasteiger partial charge in [-0.15, -0.1) is 0 Å². The number of aliphatic hydroxyl groups is 1. The predicted molar refractivity (Wildman–Crippen MR) is 104 cm³/mol. The highest BCUT2D eigenvalue weighted by atomic mass is 35.5. The highest BCUT2D eigenvalue weighted by Gasteiger charge is 2.40. The monoisotopic (exact) mass is 406 g/mol. The van der Waals surface area contributed by atoms with Gasteiger partial charge < -0.3 is 20.4 Å². The van der Waals surface area contributed by atoms with E-state index in [-0.39, 0.29) is 0 Å². The van der Waals surface area contributed by atoms with Crippen molar-refractivity contribution in [2.24, 2.45) is 0 Å². The van der Waals surface area contributed by atoms with Gasteiger partial charge in [0.2, 0.25) is 0 Å². The minimum absolute atomic E-state index is 0.782. The Labute approximate surface area is 166 Å². The first-order chi connectivity index (χ1) is 13.1. The Balaban J connectivity index is 0.000000284. The molecule has 0 heterocycles. The van der Waals surface area contributed by atoms with Crippen LogP contribution in [0.4, 0.5) is 0 Å². The van der Waals surface area contributed by atoms with Gasteiger partial charge in [0.15, 0.2) is 5.60 Å². The third kappa shape index (κ3) is 8.03. The SMILES string of the molecule is Clc1ccccc1C=Cc1ccccc1.O=C(O)CC(O)(CC(=O)O)C(=O)O. The molecule has 0 bridgehead atoms. The molecule has 7 nitrogen and oxygen atoms in total. The van der Waals surface area contributed by atoms with Crippen LogP contribution >= 0.6 is 11.6 Å². The first kappa shape index (κ1) is 22.9. The van der Waals surface area contributed by atoms with Gasteiger partial charge in [0.25, 0.3) is 0 Å². The number of rotatable bonds is 7. The molecular weight excluding hydrogens is 388 g/mol. The van der Waals surface area contributed by atoms with Crippen LogP contribution in [0.15, 0.2) is 54.6 Å². The Hall–Kier alpha value is -3.16. The van der Waals surface area contributed by atoms with Crippen molar-refractivity contribution in [2.45, 2.75) is 18.4 Å². The van der Waals surface area contributed by atoms with Gasteiger partial charge in [-0.2, -0.15) is 0 Å². The summed E-state index contributed by atoms with van der Waals surface area (Å²) in [6.07, 6.45) is 1.79. The summed E-state index contributed by atoms with van der Waals surface area (Å²) >= 11 is 6.04. The van der Waals surface area contributed by atoms with Crippen LogP contribution in [0.25, 0.3) is 12.2 Å². The normalized spacial score (nSPS) is 10.8. The van der Waals surface area contributed by atoms with E-state index in [9.17, 15) is 14.4 Å². The Morgan fingerprint density at radius 3 is 1.79 bits per heavy atom. The van der Waals surface area contributed by atoms with Crippen LogP contribution in [0, 0.1) is 0 Å². The van der Waals surface area contributed by atoms with E-state index in [1.807, 2.05) is 48.5 Å². The zero-order valence-corrected chi connectivity index (χ0v) is 15.4. The van der Waals surface area contributed by atoms with Gasteiger partial charge >= 0.3 is 17.9 Å². The molecule has 0 aromatic heterocycles. The fraction of sp³-hybridized carbons (Fsp3) is 0.150. The van der Waals surface area contributed by atoms with E-state index >= 15 is 0 Å². The van der Waals surface area contributed by atoms with Crippen LogP contribution < -0.4 is 0 Å². The predicted octanol–water partition coefficient (Wildman–Crippen LogP) is 3.26. The van der Waals surface area contributed by atoms with E-state index in [2.05, 4.69) is 18.2 Å². The minimum Gasteiger partial charge on any atom is -0.481 e. The first-order valence-corrected chi connectivity index (χ1v) is 8.39. The van der Waals surface area contributed by atoms with Gasteiger partial charge in [0, 0.05) is 5.02 Å². The van der Waals surface area contributed by atoms with Crippen LogP contribution in [0.3, 0.4) is 0 Å². The van der Waals surface area contributed by atoms with Crippen molar-refractivity contribution in [1.82, 2.24) is 0 Å². The van der Waals surface area contributed by atoms with Crippen LogP contribution in [0.1, 0.15) is 24.0 Å². The minimum atomic E-state index is -2.74. The zero-order valence-electron chi connectivity index (χ0n) is 14.7. The fourth-order valence-corrected chi connectivity index (χ4v) is 2.27. The van der Waals surface area contributed by atoms with Gasteiger partial charge in [-0.1, -0.05) is 72.3 Å². The lowest BCUT2D eigenvalue weighted by atomic mass is 9.96. The van der Waals surface area contributed by atoms with Crippen LogP contribution in [0.2, 0.25) is 5.02 Å². The average molecular weight is 407 g/mol. The van der Waals surface area contributed by atoms with Crippen LogP contribution in [0.5, 0.6) is 0 Å². The molecule has 0 aliphatic heterocycles. The summed E-state index contributed by atoms with van der Waals surface area (Å²) in [4.78, 5) is 30.5. The number of benzene rings is 2. The summed E-state index contributed by atoms with van der Waals surface area (Å²) < 4.78 is 0. The van der Waals surface area contributed by atoms with E-state index in [1.54, 1.807) is 0 Å². The molecular formula is C20H19ClO7. The lowest BCUT2D eigenvalue weighted by Crippen LogP contribution is -2.42. The van der Waals surface area contributed by atoms with Crippen molar-refractivity contribution in [3.05, 3.63) is 70.7 Å². The quantitative estimate of drug-likeness (QED) is 0.519. The maximum atomic E-state index is 10.3. The van der Waals surface area contributed by atoms with Crippen molar-refractivity contribution < 1.29 is 34.8 Å². The van der Waals surface area contributed by atoms with E-state index in [1.165, 1.54) is 5.56 Å². The van der Waals surface area contributed by atoms with Gasteiger partial charge in [-0.3, -0.25) is 9.59 Å². The molecule has 0 saturated heterocycles. The Morgan fingerprint density at radius 2 is 1.32 bits per heavy atom. The van der Waals surface area contributed by atoms with Crippen molar-refractivity contribution in [3.8, 4) is 0 Å². The molecule has 0 aliphatic rings. The molecule has 2 aromatic carbocycles. The number of hydrogen-bond acceptors (Lipinski definition) is 4. The lowest BCUT2D eigenvalue weighted by Gasteiger charge is -2.18. The second-order valence-corrected chi connectivity index (χ2v) is 6.15. The van der Waals surface area contributed by atoms with Gasteiger partial charge in [-0.25, -0.2) is 4.79 Å². The Kier molecular flexibility index (Phi) is 8.87. The Morgan fingerprint density at radius 1 is 0.821 bits per heavy atom. The van der Waals surface area contributed by atoms with E-state index in [0.29, 0.717) is 0 Å². The lowest BCUT2D eigenvalue weighted by molar-refractivity contribution is -0.170. The number of halogens is 1. The standard InChI is InChI=1S/C14H11Cl.C6H8O7/c15-14-9-5-4-8-13(14)11-10-12-6-2-1-3-7-12;7-3(8)1-6(13,5(11)12)2-4(9)10/h1-11H;13H,1-2H2,(H,7,8)(H,9,10)(H,11,12). The molecule has 2 rings (SSSR count). The number of carboxylic acids is 3. The second kappa shape index (κ2) is 10.9. The van der Waals surface area contributed by atoms with Gasteiger partial charge in [0.1, 0.15) is 0 Å². The summed E-state index contributed by atoms with van der Waals surface area (Å²) in [5.41, 5.74) is -0.516. The fourth-order valence-electron chi connectivity index (χ4n) is 2.07. The molecule has 0 unspecified atom stereocenters. The van der Waals surface area contributed by atoms with Crippen molar-refractivity contribution in [2.75, 3.05) is 0 Å². The van der Waals surface area contributed by atoms with Gasteiger partial charge in [-0.05, 0) is 17.2 Å². The maximum Gasteiger partial charge on any atom is 0.336 e. The number of carboxylic acid groups (broad SMARTS) is 3. The van der Waals surface area contributed by atoms with Crippen LogP contribution in [-0.2, 0) is 14.4 Å². The molecule has 0 radical (unpaired) electrons. The number of carbonyl (C=O) groups is 3. The molecule has 2 aromatic rings. The summed E-state index contributed by atoms with van der Waals surface area (Å²) in [5.74, 6) is -5.02. The topological polar surface area (TPSA) is 132 Å². The van der Waals surface area contributed by atoms with Gasteiger partial charge in [0.05, 0.1) is 12.8 Å². The number of aliphatic carboxylic acids is 3. The molecule has 28 heavy (non-hydrogen) atoms. The summed E-state index contributed by atoms with van der Waals surface area (Å²) in [5, 5.41) is 34.6.